The Kier molecular flexibility index (Phi) is 5.63. The number of anilines is 1. The van der Waals surface area contributed by atoms with Gasteiger partial charge in [-0.2, -0.15) is 0 Å². The van der Waals surface area contributed by atoms with Crippen molar-refractivity contribution in [1.29, 1.82) is 0 Å². The van der Waals surface area contributed by atoms with Crippen molar-refractivity contribution in [2.45, 2.75) is 59.4 Å². The van der Waals surface area contributed by atoms with E-state index in [9.17, 15) is 0 Å². The van der Waals surface area contributed by atoms with Crippen molar-refractivity contribution in [3.05, 3.63) is 24.0 Å². The van der Waals surface area contributed by atoms with Gasteiger partial charge in [-0.3, -0.25) is 4.98 Å². The van der Waals surface area contributed by atoms with E-state index in [-0.39, 0.29) is 0 Å². The normalized spacial score (nSPS) is 19.5. The molecule has 0 saturated carbocycles. The number of pyridine rings is 1. The molecule has 0 amide bonds. The Bertz CT molecular complexity index is 419. The van der Waals surface area contributed by atoms with Crippen LogP contribution in [0.3, 0.4) is 0 Å². The van der Waals surface area contributed by atoms with Crippen LogP contribution in [0.4, 0.5) is 5.69 Å². The molecular formula is C18H31N3. The van der Waals surface area contributed by atoms with Gasteiger partial charge in [0.1, 0.15) is 0 Å². The predicted molar refractivity (Wildman–Crippen MR) is 90.8 cm³/mol. The van der Waals surface area contributed by atoms with E-state index < -0.39 is 0 Å². The number of nitrogens with one attached hydrogen (secondary N) is 1. The summed E-state index contributed by atoms with van der Waals surface area (Å²) in [5.41, 5.74) is 2.96. The Balaban J connectivity index is 1.94. The van der Waals surface area contributed by atoms with Crippen LogP contribution in [-0.2, 0) is 0 Å². The zero-order chi connectivity index (χ0) is 15.3. The molecule has 3 heteroatoms. The Morgan fingerprint density at radius 3 is 2.52 bits per heavy atom. The van der Waals surface area contributed by atoms with Crippen LogP contribution in [-0.4, -0.2) is 24.6 Å². The second kappa shape index (κ2) is 7.26. The molecule has 1 saturated heterocycles. The SMILES string of the molecule is CCCNC(C)c1ccc(N2CCC(C)(CC)CC2)cn1. The van der Waals surface area contributed by atoms with Gasteiger partial charge in [-0.25, -0.2) is 0 Å². The third kappa shape index (κ3) is 4.19. The molecule has 118 valence electrons. The largest absolute Gasteiger partial charge is 0.370 e. The zero-order valence-electron chi connectivity index (χ0n) is 14.2. The molecule has 2 heterocycles. The van der Waals surface area contributed by atoms with E-state index in [4.69, 9.17) is 0 Å². The number of rotatable bonds is 6. The van der Waals surface area contributed by atoms with Gasteiger partial charge in [-0.15, -0.1) is 0 Å². The molecule has 1 aliphatic rings. The molecule has 2 rings (SSSR count). The third-order valence-electron chi connectivity index (χ3n) is 5.10. The van der Waals surface area contributed by atoms with Crippen LogP contribution in [0.15, 0.2) is 18.3 Å². The average Bonchev–Trinajstić information content (AvgIpc) is 2.53. The van der Waals surface area contributed by atoms with Gasteiger partial charge < -0.3 is 10.2 Å². The smallest absolute Gasteiger partial charge is 0.0572 e. The number of aromatic nitrogens is 1. The van der Waals surface area contributed by atoms with Crippen LogP contribution in [0, 0.1) is 5.41 Å². The lowest BCUT2D eigenvalue weighted by molar-refractivity contribution is 0.238. The van der Waals surface area contributed by atoms with Gasteiger partial charge >= 0.3 is 0 Å². The molecule has 1 atom stereocenters. The highest BCUT2D eigenvalue weighted by Crippen LogP contribution is 2.35. The van der Waals surface area contributed by atoms with Crippen LogP contribution in [0.5, 0.6) is 0 Å². The van der Waals surface area contributed by atoms with E-state index in [1.807, 2.05) is 6.20 Å². The van der Waals surface area contributed by atoms with Crippen molar-refractivity contribution in [3.63, 3.8) is 0 Å². The highest BCUT2D eigenvalue weighted by molar-refractivity contribution is 5.45. The molecule has 0 aromatic carbocycles. The van der Waals surface area contributed by atoms with Gasteiger partial charge in [-0.1, -0.05) is 27.2 Å². The van der Waals surface area contributed by atoms with Crippen molar-refractivity contribution in [1.82, 2.24) is 10.3 Å². The number of hydrogen-bond acceptors (Lipinski definition) is 3. The Morgan fingerprint density at radius 1 is 1.29 bits per heavy atom. The summed E-state index contributed by atoms with van der Waals surface area (Å²) in [7, 11) is 0. The van der Waals surface area contributed by atoms with Crippen LogP contribution in [0.25, 0.3) is 0 Å². The lowest BCUT2D eigenvalue weighted by atomic mass is 9.78. The number of nitrogens with zero attached hydrogens (tertiary/aromatic N) is 2. The third-order valence-corrected chi connectivity index (χ3v) is 5.10. The van der Waals surface area contributed by atoms with Gasteiger partial charge in [0, 0.05) is 19.1 Å². The Hall–Kier alpha value is -1.09. The standard InChI is InChI=1S/C18H31N3/c1-5-11-19-15(3)17-8-7-16(14-20-17)21-12-9-18(4,6-2)10-13-21/h7-8,14-15,19H,5-6,9-13H2,1-4H3. The van der Waals surface area contributed by atoms with Crippen LogP contribution < -0.4 is 10.2 Å². The molecule has 1 fully saturated rings. The first-order valence-electron chi connectivity index (χ1n) is 8.52. The van der Waals surface area contributed by atoms with E-state index in [1.165, 1.54) is 24.9 Å². The van der Waals surface area contributed by atoms with Gasteiger partial charge in [0.25, 0.3) is 0 Å². The topological polar surface area (TPSA) is 28.2 Å². The van der Waals surface area contributed by atoms with Crippen molar-refractivity contribution in [2.24, 2.45) is 5.41 Å². The Labute approximate surface area is 130 Å². The minimum Gasteiger partial charge on any atom is -0.370 e. The van der Waals surface area contributed by atoms with Crippen molar-refractivity contribution in [2.75, 3.05) is 24.5 Å². The maximum absolute atomic E-state index is 4.66. The molecule has 0 spiro atoms. The summed E-state index contributed by atoms with van der Waals surface area (Å²) in [5, 5.41) is 3.49. The quantitative estimate of drug-likeness (QED) is 0.852. The zero-order valence-corrected chi connectivity index (χ0v) is 14.2. The molecular weight excluding hydrogens is 258 g/mol. The maximum Gasteiger partial charge on any atom is 0.0572 e. The van der Waals surface area contributed by atoms with E-state index in [1.54, 1.807) is 0 Å². The van der Waals surface area contributed by atoms with E-state index in [0.29, 0.717) is 11.5 Å². The second-order valence-corrected chi connectivity index (χ2v) is 6.77. The minimum atomic E-state index is 0.337. The van der Waals surface area contributed by atoms with Crippen molar-refractivity contribution in [3.8, 4) is 0 Å². The molecule has 1 aromatic rings. The average molecular weight is 289 g/mol. The predicted octanol–water partition coefficient (Wildman–Crippen LogP) is 4.16. The highest BCUT2D eigenvalue weighted by Gasteiger charge is 2.28. The molecule has 1 N–H and O–H groups in total. The van der Waals surface area contributed by atoms with Crippen molar-refractivity contribution >= 4 is 5.69 Å². The summed E-state index contributed by atoms with van der Waals surface area (Å²) >= 11 is 0. The molecule has 3 nitrogen and oxygen atoms in total. The molecule has 1 aliphatic heterocycles. The fourth-order valence-electron chi connectivity index (χ4n) is 2.96. The molecule has 0 aliphatic carbocycles. The van der Waals surface area contributed by atoms with Gasteiger partial charge in [0.15, 0.2) is 0 Å². The molecule has 1 unspecified atom stereocenters. The first-order chi connectivity index (χ1) is 10.1. The monoisotopic (exact) mass is 289 g/mol. The summed E-state index contributed by atoms with van der Waals surface area (Å²) in [6.07, 6.45) is 7.08. The maximum atomic E-state index is 4.66. The fourth-order valence-corrected chi connectivity index (χ4v) is 2.96. The molecule has 0 bridgehead atoms. The van der Waals surface area contributed by atoms with Crippen LogP contribution in [0.2, 0.25) is 0 Å². The second-order valence-electron chi connectivity index (χ2n) is 6.77. The summed E-state index contributed by atoms with van der Waals surface area (Å²) in [5.74, 6) is 0. The van der Waals surface area contributed by atoms with Gasteiger partial charge in [0.05, 0.1) is 17.6 Å². The molecule has 0 radical (unpaired) electrons. The molecule has 1 aromatic heterocycles. The number of piperidine rings is 1. The minimum absolute atomic E-state index is 0.337. The first kappa shape index (κ1) is 16.3. The first-order valence-corrected chi connectivity index (χ1v) is 8.52. The van der Waals surface area contributed by atoms with Crippen LogP contribution in [0.1, 0.15) is 65.1 Å². The fraction of sp³-hybridized carbons (Fsp3) is 0.722. The molecule has 21 heavy (non-hydrogen) atoms. The summed E-state index contributed by atoms with van der Waals surface area (Å²) < 4.78 is 0. The van der Waals surface area contributed by atoms with Crippen LogP contribution >= 0.6 is 0 Å². The Morgan fingerprint density at radius 2 is 2.00 bits per heavy atom. The number of hydrogen-bond donors (Lipinski definition) is 1. The summed E-state index contributed by atoms with van der Waals surface area (Å²) in [6.45, 7) is 12.5. The lowest BCUT2D eigenvalue weighted by Crippen LogP contribution is -2.38. The van der Waals surface area contributed by atoms with Crippen molar-refractivity contribution < 1.29 is 0 Å². The van der Waals surface area contributed by atoms with Gasteiger partial charge in [-0.05, 0) is 50.3 Å². The van der Waals surface area contributed by atoms with E-state index in [0.717, 1.165) is 31.7 Å². The van der Waals surface area contributed by atoms with E-state index in [2.05, 4.69) is 55.0 Å². The summed E-state index contributed by atoms with van der Waals surface area (Å²) in [6, 6.07) is 4.75. The van der Waals surface area contributed by atoms with E-state index >= 15 is 0 Å². The highest BCUT2D eigenvalue weighted by atomic mass is 15.1. The van der Waals surface area contributed by atoms with Gasteiger partial charge in [0.2, 0.25) is 0 Å². The lowest BCUT2D eigenvalue weighted by Gasteiger charge is -2.40. The summed E-state index contributed by atoms with van der Waals surface area (Å²) in [4.78, 5) is 7.14.